The number of aryl methyl sites for hydroxylation is 1. The quantitative estimate of drug-likeness (QED) is 0.153. The van der Waals surface area contributed by atoms with E-state index in [1.54, 1.807) is 52.8 Å². The summed E-state index contributed by atoms with van der Waals surface area (Å²) in [5.41, 5.74) is 0.247. The molecule has 0 saturated heterocycles. The molecule has 1 aromatic heterocycles. The second-order valence-electron chi connectivity index (χ2n) is 10.9. The molecule has 0 spiro atoms. The number of hydrogen-bond donors (Lipinski definition) is 3. The Kier molecular flexibility index (Phi) is 11.3. The van der Waals surface area contributed by atoms with Crippen molar-refractivity contribution in [3.8, 4) is 17.3 Å². The zero-order chi connectivity index (χ0) is 32.7. The van der Waals surface area contributed by atoms with E-state index in [0.29, 0.717) is 16.9 Å². The van der Waals surface area contributed by atoms with E-state index in [0.717, 1.165) is 0 Å². The van der Waals surface area contributed by atoms with E-state index in [-0.39, 0.29) is 18.2 Å². The van der Waals surface area contributed by atoms with Crippen molar-refractivity contribution in [2.45, 2.75) is 72.8 Å². The first-order valence-corrected chi connectivity index (χ1v) is 15.6. The number of carbonyl (C=O) groups excluding carboxylic acids is 2. The van der Waals surface area contributed by atoms with Crippen LogP contribution in [-0.4, -0.2) is 50.7 Å². The van der Waals surface area contributed by atoms with Crippen LogP contribution in [0.1, 0.15) is 52.8 Å². The summed E-state index contributed by atoms with van der Waals surface area (Å²) in [6, 6.07) is 15.8. The number of nitrogens with one attached hydrogen (secondary N) is 2. The number of para-hydroxylation sites is 1. The molecular formula is C30H39N4O9P. The lowest BCUT2D eigenvalue weighted by molar-refractivity contribution is -0.149. The molecule has 3 aromatic rings. The third kappa shape index (κ3) is 9.15. The van der Waals surface area contributed by atoms with Crippen LogP contribution in [0.5, 0.6) is 11.6 Å². The monoisotopic (exact) mass is 630 g/mol. The molecular weight excluding hydrogens is 591 g/mol. The van der Waals surface area contributed by atoms with Crippen molar-refractivity contribution in [1.29, 1.82) is 0 Å². The van der Waals surface area contributed by atoms with E-state index in [1.165, 1.54) is 30.7 Å². The molecule has 3 N–H and O–H groups in total. The van der Waals surface area contributed by atoms with Gasteiger partial charge in [-0.05, 0) is 70.4 Å². The molecule has 0 bridgehead atoms. The number of carboxylic acids is 1. The Morgan fingerprint density at radius 3 is 2.23 bits per heavy atom. The summed E-state index contributed by atoms with van der Waals surface area (Å²) < 4.78 is 37.1. The van der Waals surface area contributed by atoms with E-state index in [9.17, 15) is 24.1 Å². The molecule has 2 unspecified atom stereocenters. The van der Waals surface area contributed by atoms with Gasteiger partial charge in [-0.3, -0.25) is 9.59 Å². The van der Waals surface area contributed by atoms with Crippen LogP contribution in [0.3, 0.4) is 0 Å². The SMILES string of the molecule is Cc1cc(OC(=O)OCc2ccc(OP(=O)(N[C@@H](C)C(=O)OC(C)C)NC(C)(C(=O)O)C(C)C)cc2)n(-c2ccccc2)n1. The largest absolute Gasteiger partial charge is 0.515 e. The topological polar surface area (TPSA) is 167 Å². The van der Waals surface area contributed by atoms with Crippen molar-refractivity contribution in [3.63, 3.8) is 0 Å². The van der Waals surface area contributed by atoms with Crippen LogP contribution in [0.4, 0.5) is 4.79 Å². The Bertz CT molecular complexity index is 1490. The first-order chi connectivity index (χ1) is 20.6. The lowest BCUT2D eigenvalue weighted by atomic mass is 9.90. The molecule has 0 fully saturated rings. The maximum absolute atomic E-state index is 14.0. The number of carboxylic acid groups (broad SMARTS) is 1. The summed E-state index contributed by atoms with van der Waals surface area (Å²) in [5, 5.41) is 19.4. The number of aliphatic carboxylic acids is 1. The van der Waals surface area contributed by atoms with Crippen molar-refractivity contribution in [2.75, 3.05) is 0 Å². The van der Waals surface area contributed by atoms with Crippen LogP contribution in [0.2, 0.25) is 0 Å². The fraction of sp³-hybridized carbons (Fsp3) is 0.400. The van der Waals surface area contributed by atoms with Crippen LogP contribution >= 0.6 is 7.67 Å². The number of benzene rings is 2. The van der Waals surface area contributed by atoms with E-state index in [1.807, 2.05) is 30.3 Å². The second kappa shape index (κ2) is 14.5. The summed E-state index contributed by atoms with van der Waals surface area (Å²) in [6.45, 7) is 11.1. The number of nitrogens with zero attached hydrogens (tertiary/aromatic N) is 2. The van der Waals surface area contributed by atoms with Crippen LogP contribution < -0.4 is 19.4 Å². The Morgan fingerprint density at radius 1 is 1.02 bits per heavy atom. The zero-order valence-corrected chi connectivity index (χ0v) is 26.7. The first-order valence-electron chi connectivity index (χ1n) is 14.0. The maximum Gasteiger partial charge on any atom is 0.515 e. The highest BCUT2D eigenvalue weighted by Crippen LogP contribution is 2.43. The predicted octanol–water partition coefficient (Wildman–Crippen LogP) is 5.40. The molecule has 0 aliphatic carbocycles. The molecule has 0 aliphatic heterocycles. The number of ether oxygens (including phenoxy) is 3. The number of aromatic nitrogens is 2. The number of rotatable bonds is 14. The highest BCUT2D eigenvalue weighted by Gasteiger charge is 2.45. The third-order valence-electron chi connectivity index (χ3n) is 6.55. The van der Waals surface area contributed by atoms with Gasteiger partial charge in [0.15, 0.2) is 0 Å². The van der Waals surface area contributed by atoms with Gasteiger partial charge >= 0.3 is 25.8 Å². The summed E-state index contributed by atoms with van der Waals surface area (Å²) >= 11 is 0. The van der Waals surface area contributed by atoms with Crippen molar-refractivity contribution in [1.82, 2.24) is 20.0 Å². The summed E-state index contributed by atoms with van der Waals surface area (Å²) in [6.07, 6.45) is -1.36. The lowest BCUT2D eigenvalue weighted by Gasteiger charge is -2.35. The summed E-state index contributed by atoms with van der Waals surface area (Å²) in [5.74, 6) is -2.15. The number of carbonyl (C=O) groups is 3. The van der Waals surface area contributed by atoms with E-state index in [2.05, 4.69) is 15.3 Å². The highest BCUT2D eigenvalue weighted by molar-refractivity contribution is 7.55. The molecule has 0 saturated carbocycles. The number of esters is 1. The van der Waals surface area contributed by atoms with E-state index in [4.69, 9.17) is 18.7 Å². The van der Waals surface area contributed by atoms with E-state index < -0.39 is 49.4 Å². The molecule has 0 amide bonds. The van der Waals surface area contributed by atoms with Crippen LogP contribution in [0, 0.1) is 12.8 Å². The molecule has 44 heavy (non-hydrogen) atoms. The van der Waals surface area contributed by atoms with Gasteiger partial charge in [0.25, 0.3) is 0 Å². The second-order valence-corrected chi connectivity index (χ2v) is 12.7. The minimum absolute atomic E-state index is 0.0998. The first kappa shape index (κ1) is 34.3. The summed E-state index contributed by atoms with van der Waals surface area (Å²) in [4.78, 5) is 37.0. The Hall–Kier alpha value is -4.19. The Labute approximate surface area is 256 Å². The van der Waals surface area contributed by atoms with Crippen molar-refractivity contribution in [3.05, 3.63) is 71.9 Å². The average molecular weight is 631 g/mol. The van der Waals surface area contributed by atoms with Crippen molar-refractivity contribution >= 4 is 25.8 Å². The molecule has 1 heterocycles. The van der Waals surface area contributed by atoms with Gasteiger partial charge in [-0.25, -0.2) is 24.2 Å². The standard InChI is InChI=1S/C30H39N4O9P/c1-19(2)30(7,28(36)37)33-44(39,32-22(6)27(35)41-20(3)4)43-25-15-13-23(14-16-25)18-40-29(38)42-26-17-21(5)31-34(26)24-11-9-8-10-12-24/h8-17,19-20,22H,18H2,1-7H3,(H,36,37)(H2,32,33,39)/t22-,30?,44?/m0/s1. The van der Waals surface area contributed by atoms with Gasteiger partial charge in [0, 0.05) is 6.07 Å². The molecule has 2 aromatic carbocycles. The molecule has 3 rings (SSSR count). The molecule has 0 aliphatic rings. The minimum atomic E-state index is -4.23. The van der Waals surface area contributed by atoms with E-state index >= 15 is 0 Å². The fourth-order valence-corrected chi connectivity index (χ4v) is 5.97. The number of hydrogen-bond acceptors (Lipinski definition) is 9. The average Bonchev–Trinajstić information content (AvgIpc) is 3.31. The third-order valence-corrected chi connectivity index (χ3v) is 8.50. The lowest BCUT2D eigenvalue weighted by Crippen LogP contribution is -2.55. The fourth-order valence-electron chi connectivity index (χ4n) is 3.81. The Morgan fingerprint density at radius 2 is 1.66 bits per heavy atom. The molecule has 3 atom stereocenters. The van der Waals surface area contributed by atoms with Gasteiger partial charge in [0.05, 0.1) is 17.5 Å². The predicted molar refractivity (Wildman–Crippen MR) is 162 cm³/mol. The van der Waals surface area contributed by atoms with Gasteiger partial charge in [0.1, 0.15) is 23.9 Å². The van der Waals surface area contributed by atoms with Gasteiger partial charge in [-0.15, -0.1) is 0 Å². The van der Waals surface area contributed by atoms with Gasteiger partial charge in [-0.1, -0.05) is 44.2 Å². The van der Waals surface area contributed by atoms with Crippen molar-refractivity contribution < 1.29 is 42.8 Å². The molecule has 0 radical (unpaired) electrons. The smallest absolute Gasteiger partial charge is 0.480 e. The molecule has 13 nitrogen and oxygen atoms in total. The van der Waals surface area contributed by atoms with Gasteiger partial charge in [-0.2, -0.15) is 5.10 Å². The Balaban J connectivity index is 1.70. The van der Waals surface area contributed by atoms with Gasteiger partial charge < -0.3 is 23.8 Å². The van der Waals surface area contributed by atoms with Crippen molar-refractivity contribution in [2.24, 2.45) is 5.92 Å². The molecule has 238 valence electrons. The van der Waals surface area contributed by atoms with Crippen LogP contribution in [0.15, 0.2) is 60.7 Å². The van der Waals surface area contributed by atoms with Crippen LogP contribution in [0.25, 0.3) is 5.69 Å². The van der Waals surface area contributed by atoms with Gasteiger partial charge in [0.2, 0.25) is 5.88 Å². The minimum Gasteiger partial charge on any atom is -0.480 e. The normalized spacial score (nSPS) is 14.8. The maximum atomic E-state index is 14.0. The van der Waals surface area contributed by atoms with Crippen LogP contribution in [-0.2, 0) is 30.2 Å². The molecule has 14 heteroatoms. The zero-order valence-electron chi connectivity index (χ0n) is 25.8. The summed E-state index contributed by atoms with van der Waals surface area (Å²) in [7, 11) is -4.23. The highest BCUT2D eigenvalue weighted by atomic mass is 31.2.